The average Bonchev–Trinajstić information content (AvgIpc) is 2.35. The van der Waals surface area contributed by atoms with Crippen molar-refractivity contribution >= 4 is 17.6 Å². The Bertz CT molecular complexity index is 491. The van der Waals surface area contributed by atoms with Gasteiger partial charge in [-0.2, -0.15) is 5.26 Å². The molecule has 0 aliphatic heterocycles. The van der Waals surface area contributed by atoms with Crippen LogP contribution in [-0.2, 0) is 9.53 Å². The summed E-state index contributed by atoms with van der Waals surface area (Å²) in [4.78, 5) is 11.0. The van der Waals surface area contributed by atoms with Gasteiger partial charge in [-0.25, -0.2) is 4.79 Å². The zero-order valence-electron chi connectivity index (χ0n) is 9.85. The monoisotopic (exact) mass is 265 g/mol. The lowest BCUT2D eigenvalue weighted by Crippen LogP contribution is -2.01. The van der Waals surface area contributed by atoms with Crippen LogP contribution in [0.5, 0.6) is 5.75 Å². The highest BCUT2D eigenvalue weighted by molar-refractivity contribution is 6.31. The molecule has 0 amide bonds. The Hall–Kier alpha value is -1.99. The fourth-order valence-corrected chi connectivity index (χ4v) is 1.41. The molecule has 0 bridgehead atoms. The van der Waals surface area contributed by atoms with Gasteiger partial charge in [0.2, 0.25) is 0 Å². The quantitative estimate of drug-likeness (QED) is 0.607. The van der Waals surface area contributed by atoms with E-state index >= 15 is 0 Å². The van der Waals surface area contributed by atoms with Gasteiger partial charge in [0.05, 0.1) is 11.6 Å². The maximum atomic E-state index is 11.0. The van der Waals surface area contributed by atoms with Crippen LogP contribution in [0.15, 0.2) is 30.4 Å². The number of nitriles is 1. The van der Waals surface area contributed by atoms with E-state index in [1.165, 1.54) is 12.2 Å². The van der Waals surface area contributed by atoms with Crippen LogP contribution >= 0.6 is 11.6 Å². The molecule has 0 fully saturated rings. The van der Waals surface area contributed by atoms with Crippen molar-refractivity contribution in [2.24, 2.45) is 0 Å². The number of esters is 1. The Balaban J connectivity index is 2.57. The molecule has 0 atom stereocenters. The van der Waals surface area contributed by atoms with Gasteiger partial charge in [0.1, 0.15) is 24.0 Å². The summed E-state index contributed by atoms with van der Waals surface area (Å²) >= 11 is 5.84. The zero-order chi connectivity index (χ0) is 13.4. The molecule has 0 radical (unpaired) electrons. The van der Waals surface area contributed by atoms with Gasteiger partial charge in [-0.1, -0.05) is 17.7 Å². The second kappa shape index (κ2) is 7.36. The van der Waals surface area contributed by atoms with Gasteiger partial charge in [0.15, 0.2) is 0 Å². The summed E-state index contributed by atoms with van der Waals surface area (Å²) in [6.07, 6.45) is 2.79. The van der Waals surface area contributed by atoms with E-state index in [1.54, 1.807) is 25.1 Å². The molecule has 0 aromatic heterocycles. The van der Waals surface area contributed by atoms with E-state index in [1.807, 2.05) is 6.07 Å². The first-order valence-corrected chi connectivity index (χ1v) is 5.71. The minimum absolute atomic E-state index is 0.161. The lowest BCUT2D eigenvalue weighted by atomic mass is 10.2. The van der Waals surface area contributed by atoms with E-state index in [0.29, 0.717) is 17.4 Å². The molecule has 1 aromatic rings. The Kier molecular flexibility index (Phi) is 5.75. The van der Waals surface area contributed by atoms with Crippen LogP contribution in [-0.4, -0.2) is 19.2 Å². The first-order chi connectivity index (χ1) is 8.69. The van der Waals surface area contributed by atoms with Gasteiger partial charge in [0.25, 0.3) is 0 Å². The Morgan fingerprint density at radius 2 is 2.33 bits per heavy atom. The van der Waals surface area contributed by atoms with Crippen LogP contribution in [0.25, 0.3) is 0 Å². The highest BCUT2D eigenvalue weighted by atomic mass is 35.5. The predicted molar refractivity (Wildman–Crippen MR) is 67.4 cm³/mol. The number of nitrogens with zero attached hydrogens (tertiary/aromatic N) is 1. The summed E-state index contributed by atoms with van der Waals surface area (Å²) in [7, 11) is 0. The summed E-state index contributed by atoms with van der Waals surface area (Å²) in [6, 6.07) is 6.90. The third-order valence-corrected chi connectivity index (χ3v) is 2.28. The Morgan fingerprint density at radius 1 is 1.56 bits per heavy atom. The van der Waals surface area contributed by atoms with Crippen molar-refractivity contribution in [3.63, 3.8) is 0 Å². The average molecular weight is 266 g/mol. The molecular formula is C13H12ClNO3. The SMILES string of the molecule is CCOC(=O)/C=C/COc1cccc(Cl)c1C#N. The molecule has 5 heteroatoms. The third kappa shape index (κ3) is 4.11. The molecule has 0 aliphatic rings. The third-order valence-electron chi connectivity index (χ3n) is 1.96. The van der Waals surface area contributed by atoms with E-state index < -0.39 is 5.97 Å². The molecule has 94 valence electrons. The fourth-order valence-electron chi connectivity index (χ4n) is 1.21. The van der Waals surface area contributed by atoms with Crippen LogP contribution in [0.1, 0.15) is 12.5 Å². The van der Waals surface area contributed by atoms with Gasteiger partial charge in [-0.05, 0) is 25.1 Å². The van der Waals surface area contributed by atoms with Crippen LogP contribution in [0, 0.1) is 11.3 Å². The largest absolute Gasteiger partial charge is 0.488 e. The number of carbonyl (C=O) groups excluding carboxylic acids is 1. The van der Waals surface area contributed by atoms with Crippen molar-refractivity contribution in [1.82, 2.24) is 0 Å². The Labute approximate surface area is 110 Å². The molecule has 0 saturated heterocycles. The van der Waals surface area contributed by atoms with E-state index in [2.05, 4.69) is 0 Å². The standard InChI is InChI=1S/C13H12ClNO3/c1-2-17-13(16)7-4-8-18-12-6-3-5-11(14)10(12)9-15/h3-7H,2,8H2,1H3/b7-4+. The van der Waals surface area contributed by atoms with Crippen molar-refractivity contribution in [2.75, 3.05) is 13.2 Å². The molecule has 0 N–H and O–H groups in total. The van der Waals surface area contributed by atoms with Gasteiger partial charge in [-0.3, -0.25) is 0 Å². The molecular weight excluding hydrogens is 254 g/mol. The second-order valence-electron chi connectivity index (χ2n) is 3.19. The number of hydrogen-bond acceptors (Lipinski definition) is 4. The molecule has 4 nitrogen and oxygen atoms in total. The zero-order valence-corrected chi connectivity index (χ0v) is 10.6. The van der Waals surface area contributed by atoms with Crippen LogP contribution < -0.4 is 4.74 Å². The normalized spacial score (nSPS) is 10.1. The van der Waals surface area contributed by atoms with E-state index in [9.17, 15) is 4.79 Å². The molecule has 0 unspecified atom stereocenters. The van der Waals surface area contributed by atoms with Crippen LogP contribution in [0.4, 0.5) is 0 Å². The summed E-state index contributed by atoms with van der Waals surface area (Å²) in [5, 5.41) is 9.24. The van der Waals surface area contributed by atoms with Crippen molar-refractivity contribution in [3.8, 4) is 11.8 Å². The minimum Gasteiger partial charge on any atom is -0.488 e. The highest BCUT2D eigenvalue weighted by Gasteiger charge is 2.06. The first kappa shape index (κ1) is 14.1. The smallest absolute Gasteiger partial charge is 0.330 e. The number of hydrogen-bond donors (Lipinski definition) is 0. The van der Waals surface area contributed by atoms with E-state index in [-0.39, 0.29) is 12.2 Å². The van der Waals surface area contributed by atoms with Crippen molar-refractivity contribution in [3.05, 3.63) is 40.9 Å². The van der Waals surface area contributed by atoms with E-state index in [0.717, 1.165) is 0 Å². The Morgan fingerprint density at radius 3 is 3.00 bits per heavy atom. The molecule has 1 rings (SSSR count). The van der Waals surface area contributed by atoms with Gasteiger partial charge in [0, 0.05) is 6.08 Å². The summed E-state index contributed by atoms with van der Waals surface area (Å²) in [5.74, 6) is -0.0359. The van der Waals surface area contributed by atoms with Crippen molar-refractivity contribution < 1.29 is 14.3 Å². The maximum absolute atomic E-state index is 11.0. The predicted octanol–water partition coefficient (Wildman–Crippen LogP) is 2.71. The van der Waals surface area contributed by atoms with Gasteiger partial charge < -0.3 is 9.47 Å². The molecule has 1 aromatic carbocycles. The number of halogens is 1. The van der Waals surface area contributed by atoms with Gasteiger partial charge >= 0.3 is 5.97 Å². The number of ether oxygens (including phenoxy) is 2. The summed E-state index contributed by atoms with van der Waals surface area (Å²) in [6.45, 7) is 2.22. The number of carbonyl (C=O) groups is 1. The first-order valence-electron chi connectivity index (χ1n) is 5.33. The number of rotatable bonds is 5. The minimum atomic E-state index is -0.423. The van der Waals surface area contributed by atoms with Crippen molar-refractivity contribution in [2.45, 2.75) is 6.92 Å². The summed E-state index contributed by atoms with van der Waals surface area (Å²) < 4.78 is 10.0. The fraction of sp³-hybridized carbons (Fsp3) is 0.231. The lowest BCUT2D eigenvalue weighted by molar-refractivity contribution is -0.137. The molecule has 0 heterocycles. The second-order valence-corrected chi connectivity index (χ2v) is 3.60. The van der Waals surface area contributed by atoms with Crippen LogP contribution in [0.2, 0.25) is 5.02 Å². The molecule has 0 spiro atoms. The summed E-state index contributed by atoms with van der Waals surface area (Å²) in [5.41, 5.74) is 0.281. The molecule has 0 saturated carbocycles. The number of benzene rings is 1. The molecule has 0 aliphatic carbocycles. The van der Waals surface area contributed by atoms with Crippen molar-refractivity contribution in [1.29, 1.82) is 5.26 Å². The molecule has 18 heavy (non-hydrogen) atoms. The topological polar surface area (TPSA) is 59.3 Å². The maximum Gasteiger partial charge on any atom is 0.330 e. The highest BCUT2D eigenvalue weighted by Crippen LogP contribution is 2.25. The van der Waals surface area contributed by atoms with Crippen LogP contribution in [0.3, 0.4) is 0 Å². The van der Waals surface area contributed by atoms with E-state index in [4.69, 9.17) is 26.3 Å². The van der Waals surface area contributed by atoms with Gasteiger partial charge in [-0.15, -0.1) is 0 Å². The lowest BCUT2D eigenvalue weighted by Gasteiger charge is -2.05.